The van der Waals surface area contributed by atoms with Crippen LogP contribution in [0.25, 0.3) is 10.2 Å². The zero-order chi connectivity index (χ0) is 16.1. The van der Waals surface area contributed by atoms with E-state index in [1.54, 1.807) is 22.0 Å². The summed E-state index contributed by atoms with van der Waals surface area (Å²) in [4.78, 5) is 11.0. The molecular formula is C14H20N4O2S2. The minimum absolute atomic E-state index is 0.0720. The molecule has 6 nitrogen and oxygen atoms in total. The van der Waals surface area contributed by atoms with Gasteiger partial charge in [0.1, 0.15) is 12.1 Å². The molecule has 0 saturated carbocycles. The molecular weight excluding hydrogens is 320 g/mol. The number of anilines is 1. The summed E-state index contributed by atoms with van der Waals surface area (Å²) in [5.74, 6) is 0.913. The van der Waals surface area contributed by atoms with Gasteiger partial charge in [0.15, 0.2) is 0 Å². The third-order valence-corrected chi connectivity index (χ3v) is 6.58. The van der Waals surface area contributed by atoms with Crippen LogP contribution in [0.1, 0.15) is 19.4 Å². The number of sulfonamides is 1. The molecule has 0 bridgehead atoms. The molecule has 1 fully saturated rings. The minimum atomic E-state index is -3.18. The van der Waals surface area contributed by atoms with Gasteiger partial charge in [-0.1, -0.05) is 0 Å². The minimum Gasteiger partial charge on any atom is -0.350 e. The standard InChI is InChI=1S/C14H20N4O2S2/c1-9-7-21-13-12(9)15-8-16-14(13)17-5-11(3)18(6-10(17)2)22(4,19)20/h7-8,10-11H,5-6H2,1-4H3/t10-,11-/m1/s1. The lowest BCUT2D eigenvalue weighted by atomic mass is 10.1. The molecule has 1 aliphatic rings. The molecule has 0 N–H and O–H groups in total. The van der Waals surface area contributed by atoms with Gasteiger partial charge in [0, 0.05) is 25.2 Å². The van der Waals surface area contributed by atoms with Gasteiger partial charge in [-0.25, -0.2) is 18.4 Å². The molecule has 120 valence electrons. The first kappa shape index (κ1) is 15.6. The first-order valence-electron chi connectivity index (χ1n) is 7.21. The first-order valence-corrected chi connectivity index (χ1v) is 9.94. The Hall–Kier alpha value is -1.25. The topological polar surface area (TPSA) is 66.4 Å². The third kappa shape index (κ3) is 2.59. The zero-order valence-electron chi connectivity index (χ0n) is 13.1. The maximum Gasteiger partial charge on any atom is 0.211 e. The van der Waals surface area contributed by atoms with Crippen molar-refractivity contribution in [3.8, 4) is 0 Å². The number of fused-ring (bicyclic) bond motifs is 1. The number of hydrogen-bond donors (Lipinski definition) is 0. The van der Waals surface area contributed by atoms with Crippen LogP contribution in [0, 0.1) is 6.92 Å². The second kappa shape index (κ2) is 5.43. The second-order valence-electron chi connectivity index (χ2n) is 5.98. The van der Waals surface area contributed by atoms with E-state index in [1.807, 2.05) is 20.8 Å². The Bertz CT molecular complexity index is 802. The summed E-state index contributed by atoms with van der Waals surface area (Å²) in [7, 11) is -3.18. The van der Waals surface area contributed by atoms with Crippen LogP contribution >= 0.6 is 11.3 Å². The average molecular weight is 340 g/mol. The summed E-state index contributed by atoms with van der Waals surface area (Å²) in [6.07, 6.45) is 2.87. The molecule has 0 amide bonds. The summed E-state index contributed by atoms with van der Waals surface area (Å²) in [5.41, 5.74) is 2.14. The molecule has 8 heteroatoms. The van der Waals surface area contributed by atoms with E-state index in [4.69, 9.17) is 0 Å². The summed E-state index contributed by atoms with van der Waals surface area (Å²) in [6.45, 7) is 7.15. The Balaban J connectivity index is 1.99. The highest BCUT2D eigenvalue weighted by Crippen LogP contribution is 2.33. The Morgan fingerprint density at radius 1 is 1.23 bits per heavy atom. The lowest BCUT2D eigenvalue weighted by molar-refractivity contribution is 0.274. The van der Waals surface area contributed by atoms with Gasteiger partial charge in [0.2, 0.25) is 10.0 Å². The van der Waals surface area contributed by atoms with Crippen molar-refractivity contribution in [2.24, 2.45) is 0 Å². The fourth-order valence-corrected chi connectivity index (χ4v) is 5.23. The number of thiophene rings is 1. The molecule has 1 aliphatic heterocycles. The molecule has 2 aromatic heterocycles. The second-order valence-corrected chi connectivity index (χ2v) is 8.79. The number of aryl methyl sites for hydroxylation is 1. The Kier molecular flexibility index (Phi) is 3.86. The highest BCUT2D eigenvalue weighted by Gasteiger charge is 2.35. The Morgan fingerprint density at radius 3 is 2.64 bits per heavy atom. The molecule has 0 radical (unpaired) electrons. The van der Waals surface area contributed by atoms with Crippen LogP contribution in [0.3, 0.4) is 0 Å². The van der Waals surface area contributed by atoms with Gasteiger partial charge in [0.25, 0.3) is 0 Å². The van der Waals surface area contributed by atoms with Crippen LogP contribution in [-0.4, -0.2) is 54.1 Å². The van der Waals surface area contributed by atoms with Crippen LogP contribution in [-0.2, 0) is 10.0 Å². The molecule has 3 rings (SSSR count). The summed E-state index contributed by atoms with van der Waals surface area (Å²) in [5, 5.41) is 2.09. The predicted octanol–water partition coefficient (Wildman–Crippen LogP) is 1.86. The normalized spacial score (nSPS) is 24.1. The van der Waals surface area contributed by atoms with Gasteiger partial charge >= 0.3 is 0 Å². The van der Waals surface area contributed by atoms with Crippen molar-refractivity contribution in [2.75, 3.05) is 24.2 Å². The molecule has 2 aromatic rings. The lowest BCUT2D eigenvalue weighted by Crippen LogP contribution is -2.58. The van der Waals surface area contributed by atoms with Crippen molar-refractivity contribution in [3.05, 3.63) is 17.3 Å². The molecule has 3 heterocycles. The number of nitrogens with zero attached hydrogens (tertiary/aromatic N) is 4. The Labute approximate surface area is 134 Å². The predicted molar refractivity (Wildman–Crippen MR) is 90.0 cm³/mol. The van der Waals surface area contributed by atoms with Gasteiger partial charge in [0.05, 0.1) is 16.5 Å². The molecule has 0 aromatic carbocycles. The molecule has 1 saturated heterocycles. The van der Waals surface area contributed by atoms with E-state index in [-0.39, 0.29) is 12.1 Å². The number of aromatic nitrogens is 2. The monoisotopic (exact) mass is 340 g/mol. The van der Waals surface area contributed by atoms with Gasteiger partial charge in [-0.05, 0) is 31.7 Å². The van der Waals surface area contributed by atoms with Gasteiger partial charge in [-0.2, -0.15) is 4.31 Å². The summed E-state index contributed by atoms with van der Waals surface area (Å²) < 4.78 is 26.4. The van der Waals surface area contributed by atoms with Crippen LogP contribution in [0.4, 0.5) is 5.82 Å². The highest BCUT2D eigenvalue weighted by molar-refractivity contribution is 7.88. The highest BCUT2D eigenvalue weighted by atomic mass is 32.2. The average Bonchev–Trinajstić information content (AvgIpc) is 2.82. The lowest BCUT2D eigenvalue weighted by Gasteiger charge is -2.43. The quantitative estimate of drug-likeness (QED) is 0.835. The van der Waals surface area contributed by atoms with Crippen LogP contribution in [0.5, 0.6) is 0 Å². The molecule has 0 aliphatic carbocycles. The van der Waals surface area contributed by atoms with E-state index < -0.39 is 10.0 Å². The SMILES string of the molecule is Cc1csc2c(N3C[C@@H](C)N(S(C)(=O)=O)C[C@H]3C)ncnc12. The molecule has 0 unspecified atom stereocenters. The van der Waals surface area contributed by atoms with Crippen molar-refractivity contribution >= 4 is 37.4 Å². The molecule has 2 atom stereocenters. The Morgan fingerprint density at radius 2 is 1.95 bits per heavy atom. The largest absolute Gasteiger partial charge is 0.350 e. The first-order chi connectivity index (χ1) is 10.3. The van der Waals surface area contributed by atoms with E-state index >= 15 is 0 Å². The van der Waals surface area contributed by atoms with E-state index in [9.17, 15) is 8.42 Å². The third-order valence-electron chi connectivity index (χ3n) is 4.14. The van der Waals surface area contributed by atoms with Crippen molar-refractivity contribution in [1.29, 1.82) is 0 Å². The van der Waals surface area contributed by atoms with Crippen LogP contribution in [0.15, 0.2) is 11.7 Å². The van der Waals surface area contributed by atoms with Crippen molar-refractivity contribution < 1.29 is 8.42 Å². The maximum absolute atomic E-state index is 11.9. The summed E-state index contributed by atoms with van der Waals surface area (Å²) >= 11 is 1.65. The van der Waals surface area contributed by atoms with Gasteiger partial charge in [-0.3, -0.25) is 0 Å². The van der Waals surface area contributed by atoms with Gasteiger partial charge in [-0.15, -0.1) is 11.3 Å². The fraction of sp³-hybridized carbons (Fsp3) is 0.571. The zero-order valence-corrected chi connectivity index (χ0v) is 14.8. The van der Waals surface area contributed by atoms with Gasteiger partial charge < -0.3 is 4.90 Å². The van der Waals surface area contributed by atoms with E-state index in [1.165, 1.54) is 6.26 Å². The number of rotatable bonds is 2. The maximum atomic E-state index is 11.9. The van der Waals surface area contributed by atoms with Crippen molar-refractivity contribution in [1.82, 2.24) is 14.3 Å². The van der Waals surface area contributed by atoms with E-state index in [0.717, 1.165) is 21.6 Å². The molecule has 0 spiro atoms. The van der Waals surface area contributed by atoms with Crippen LogP contribution < -0.4 is 4.90 Å². The van der Waals surface area contributed by atoms with Crippen LogP contribution in [0.2, 0.25) is 0 Å². The van der Waals surface area contributed by atoms with Crippen molar-refractivity contribution in [2.45, 2.75) is 32.9 Å². The molecule has 22 heavy (non-hydrogen) atoms. The smallest absolute Gasteiger partial charge is 0.211 e. The van der Waals surface area contributed by atoms with E-state index in [2.05, 4.69) is 20.2 Å². The summed E-state index contributed by atoms with van der Waals surface area (Å²) in [6, 6.07) is 0.00343. The van der Waals surface area contributed by atoms with E-state index in [0.29, 0.717) is 13.1 Å². The number of hydrogen-bond acceptors (Lipinski definition) is 6. The number of piperazine rings is 1. The van der Waals surface area contributed by atoms with Crippen molar-refractivity contribution in [3.63, 3.8) is 0 Å². The fourth-order valence-electron chi connectivity index (χ4n) is 3.01.